The van der Waals surface area contributed by atoms with Gasteiger partial charge in [-0.25, -0.2) is 9.97 Å². The summed E-state index contributed by atoms with van der Waals surface area (Å²) in [6, 6.07) is 0. The highest BCUT2D eigenvalue weighted by atomic mass is 32.1. The van der Waals surface area contributed by atoms with Gasteiger partial charge in [-0.1, -0.05) is 0 Å². The van der Waals surface area contributed by atoms with Crippen molar-refractivity contribution in [1.29, 1.82) is 0 Å². The summed E-state index contributed by atoms with van der Waals surface area (Å²) >= 11 is 1.60. The molecule has 2 saturated heterocycles. The lowest BCUT2D eigenvalue weighted by Gasteiger charge is -2.27. The topological polar surface area (TPSA) is 104 Å². The van der Waals surface area contributed by atoms with Crippen molar-refractivity contribution >= 4 is 34.8 Å². The summed E-state index contributed by atoms with van der Waals surface area (Å²) in [6.07, 6.45) is -1.33. The van der Waals surface area contributed by atoms with Gasteiger partial charge in [-0.2, -0.15) is 18.2 Å². The van der Waals surface area contributed by atoms with E-state index in [9.17, 15) is 18.0 Å². The van der Waals surface area contributed by atoms with Gasteiger partial charge in [-0.05, 0) is 46.3 Å². The molecular weight excluding hydrogens is 483 g/mol. The third-order valence-corrected chi connectivity index (χ3v) is 7.29. The van der Waals surface area contributed by atoms with Crippen molar-refractivity contribution in [1.82, 2.24) is 25.2 Å². The first-order valence-electron chi connectivity index (χ1n) is 11.7. The molecular formula is C22H30F3N7O2S. The zero-order valence-corrected chi connectivity index (χ0v) is 20.6. The average molecular weight is 514 g/mol. The van der Waals surface area contributed by atoms with E-state index in [0.29, 0.717) is 37.9 Å². The monoisotopic (exact) mass is 513 g/mol. The van der Waals surface area contributed by atoms with Crippen LogP contribution in [0.5, 0.6) is 0 Å². The molecule has 2 aromatic rings. The number of ether oxygens (including phenoxy) is 1. The molecule has 35 heavy (non-hydrogen) atoms. The van der Waals surface area contributed by atoms with Gasteiger partial charge in [0.1, 0.15) is 17.2 Å². The maximum Gasteiger partial charge on any atom is 0.421 e. The van der Waals surface area contributed by atoms with Crippen molar-refractivity contribution in [3.05, 3.63) is 21.6 Å². The number of likely N-dealkylation sites (tertiary alicyclic amines) is 1. The molecule has 0 saturated carbocycles. The van der Waals surface area contributed by atoms with Crippen LogP contribution in [-0.2, 0) is 15.7 Å². The molecule has 4 rings (SSSR count). The van der Waals surface area contributed by atoms with Crippen LogP contribution in [0, 0.1) is 12.8 Å². The minimum Gasteiger partial charge on any atom is -0.380 e. The molecule has 0 atom stereocenters. The number of anilines is 3. The number of thiazole rings is 1. The van der Waals surface area contributed by atoms with Gasteiger partial charge >= 0.3 is 6.18 Å². The molecule has 2 fully saturated rings. The van der Waals surface area contributed by atoms with Gasteiger partial charge in [0.2, 0.25) is 11.9 Å². The highest BCUT2D eigenvalue weighted by Gasteiger charge is 2.35. The number of carbonyl (C=O) groups excluding carboxylic acids is 1. The Morgan fingerprint density at radius 2 is 1.94 bits per heavy atom. The molecule has 0 unspecified atom stereocenters. The number of piperidine rings is 1. The van der Waals surface area contributed by atoms with Crippen LogP contribution in [0.2, 0.25) is 0 Å². The Morgan fingerprint density at radius 1 is 1.20 bits per heavy atom. The number of hydrogen-bond donors (Lipinski definition) is 3. The average Bonchev–Trinajstić information content (AvgIpc) is 3.12. The Bertz CT molecular complexity index is 1020. The van der Waals surface area contributed by atoms with Crippen LogP contribution in [0.1, 0.15) is 40.6 Å². The van der Waals surface area contributed by atoms with Crippen LogP contribution in [0.4, 0.5) is 30.8 Å². The third kappa shape index (κ3) is 6.58. The molecule has 4 heterocycles. The van der Waals surface area contributed by atoms with Crippen LogP contribution in [0.15, 0.2) is 6.20 Å². The van der Waals surface area contributed by atoms with E-state index in [1.54, 1.807) is 11.3 Å². The molecule has 1 amide bonds. The molecule has 3 N–H and O–H groups in total. The van der Waals surface area contributed by atoms with Crippen molar-refractivity contribution in [2.24, 2.45) is 5.92 Å². The predicted octanol–water partition coefficient (Wildman–Crippen LogP) is 3.38. The van der Waals surface area contributed by atoms with Crippen molar-refractivity contribution in [2.45, 2.75) is 38.3 Å². The van der Waals surface area contributed by atoms with Crippen molar-refractivity contribution in [3.8, 4) is 0 Å². The quantitative estimate of drug-likeness (QED) is 0.439. The van der Waals surface area contributed by atoms with Gasteiger partial charge in [-0.3, -0.25) is 4.79 Å². The summed E-state index contributed by atoms with van der Waals surface area (Å²) in [5.41, 5.74) is -0.944. The summed E-state index contributed by atoms with van der Waals surface area (Å²) in [5, 5.41) is 9.52. The summed E-state index contributed by atoms with van der Waals surface area (Å²) in [5.74, 6) is 0.452. The number of aromatic nitrogens is 3. The lowest BCUT2D eigenvalue weighted by molar-refractivity contribution is -0.139. The predicted molar refractivity (Wildman–Crippen MR) is 127 cm³/mol. The fourth-order valence-electron chi connectivity index (χ4n) is 3.89. The molecule has 2 aliphatic rings. The Balaban J connectivity index is 1.38. The van der Waals surface area contributed by atoms with E-state index in [0.717, 1.165) is 42.0 Å². The SMILES string of the molecule is Cc1sc(C2CCN(C)CC2)nc1Nc1ncc(C(F)(F)F)c(NCCCNC(=O)C2COC2)n1. The Kier molecular flexibility index (Phi) is 8.07. The summed E-state index contributed by atoms with van der Waals surface area (Å²) in [6.45, 7) is 5.32. The Hall–Kier alpha value is -2.51. The van der Waals surface area contributed by atoms with Gasteiger partial charge in [-0.15, -0.1) is 11.3 Å². The minimum atomic E-state index is -4.60. The molecule has 2 aliphatic heterocycles. The second kappa shape index (κ2) is 11.0. The second-order valence-corrected chi connectivity index (χ2v) is 10.2. The number of rotatable bonds is 9. The molecule has 0 radical (unpaired) electrons. The van der Waals surface area contributed by atoms with E-state index >= 15 is 0 Å². The second-order valence-electron chi connectivity index (χ2n) is 8.92. The van der Waals surface area contributed by atoms with Gasteiger partial charge < -0.3 is 25.6 Å². The molecule has 13 heteroatoms. The van der Waals surface area contributed by atoms with E-state index in [4.69, 9.17) is 9.72 Å². The highest BCUT2D eigenvalue weighted by Crippen LogP contribution is 2.36. The number of aryl methyl sites for hydroxylation is 1. The minimum absolute atomic E-state index is 0.0436. The largest absolute Gasteiger partial charge is 0.421 e. The normalized spacial score (nSPS) is 17.7. The molecule has 0 bridgehead atoms. The molecule has 192 valence electrons. The number of alkyl halides is 3. The first-order chi connectivity index (χ1) is 16.7. The number of halogens is 3. The summed E-state index contributed by atoms with van der Waals surface area (Å²) < 4.78 is 45.5. The van der Waals surface area contributed by atoms with Gasteiger partial charge in [0.05, 0.1) is 24.1 Å². The molecule has 2 aromatic heterocycles. The third-order valence-electron chi connectivity index (χ3n) is 6.16. The molecule has 0 spiro atoms. The zero-order valence-electron chi connectivity index (χ0n) is 19.7. The first kappa shape index (κ1) is 25.6. The first-order valence-corrected chi connectivity index (χ1v) is 12.5. The van der Waals surface area contributed by atoms with Crippen LogP contribution in [0.3, 0.4) is 0 Å². The number of hydrogen-bond acceptors (Lipinski definition) is 9. The van der Waals surface area contributed by atoms with E-state index in [2.05, 4.69) is 37.9 Å². The van der Waals surface area contributed by atoms with Gasteiger partial charge in [0.15, 0.2) is 0 Å². The fraction of sp³-hybridized carbons (Fsp3) is 0.636. The fourth-order valence-corrected chi connectivity index (χ4v) is 4.94. The van der Waals surface area contributed by atoms with Crippen LogP contribution in [-0.4, -0.2) is 72.2 Å². The lowest BCUT2D eigenvalue weighted by Crippen LogP contribution is -2.42. The summed E-state index contributed by atoms with van der Waals surface area (Å²) in [4.78, 5) is 27.7. The van der Waals surface area contributed by atoms with Crippen molar-refractivity contribution in [3.63, 3.8) is 0 Å². The Labute approximate surface area is 205 Å². The zero-order chi connectivity index (χ0) is 25.0. The molecule has 0 aliphatic carbocycles. The van der Waals surface area contributed by atoms with Gasteiger partial charge in [0, 0.05) is 30.1 Å². The van der Waals surface area contributed by atoms with E-state index in [1.807, 2.05) is 6.92 Å². The van der Waals surface area contributed by atoms with Crippen LogP contribution < -0.4 is 16.0 Å². The van der Waals surface area contributed by atoms with Crippen molar-refractivity contribution < 1.29 is 22.7 Å². The van der Waals surface area contributed by atoms with Crippen LogP contribution >= 0.6 is 11.3 Å². The smallest absolute Gasteiger partial charge is 0.380 e. The maximum absolute atomic E-state index is 13.5. The lowest BCUT2D eigenvalue weighted by atomic mass is 9.98. The maximum atomic E-state index is 13.5. The van der Waals surface area contributed by atoms with E-state index in [1.165, 1.54) is 0 Å². The number of amides is 1. The molecule has 9 nitrogen and oxygen atoms in total. The molecule has 0 aromatic carbocycles. The van der Waals surface area contributed by atoms with Crippen LogP contribution in [0.25, 0.3) is 0 Å². The summed E-state index contributed by atoms with van der Waals surface area (Å²) in [7, 11) is 2.10. The van der Waals surface area contributed by atoms with Crippen molar-refractivity contribution in [2.75, 3.05) is 57.1 Å². The Morgan fingerprint density at radius 3 is 2.60 bits per heavy atom. The standard InChI is InChI=1S/C22H30F3N7O2S/c1-13-17(29-20(35-13)14-4-8-32(2)9-5-14)30-21-28-10-16(22(23,24)25)18(31-21)26-6-3-7-27-19(33)15-11-34-12-15/h10,14-15H,3-9,11-12H2,1-2H3,(H,27,33)(H2,26,28,30,31). The number of carbonyl (C=O) groups is 1. The van der Waals surface area contributed by atoms with E-state index in [-0.39, 0.29) is 30.1 Å². The highest BCUT2D eigenvalue weighted by molar-refractivity contribution is 7.12. The number of nitrogens with one attached hydrogen (secondary N) is 3. The number of nitrogens with zero attached hydrogens (tertiary/aromatic N) is 4. The van der Waals surface area contributed by atoms with Gasteiger partial charge in [0.25, 0.3) is 0 Å². The van der Waals surface area contributed by atoms with E-state index < -0.39 is 11.7 Å².